The summed E-state index contributed by atoms with van der Waals surface area (Å²) in [5.41, 5.74) is 2.71. The molecule has 3 rings (SSSR count). The van der Waals surface area contributed by atoms with Crippen LogP contribution in [-0.4, -0.2) is 0 Å². The first-order valence-electron chi connectivity index (χ1n) is 5.66. The number of hydrogen-bond donors (Lipinski definition) is 0. The zero-order valence-electron chi connectivity index (χ0n) is 9.43. The van der Waals surface area contributed by atoms with Crippen LogP contribution in [0.25, 0.3) is 10.8 Å². The van der Waals surface area contributed by atoms with E-state index >= 15 is 0 Å². The van der Waals surface area contributed by atoms with Gasteiger partial charge in [-0.25, -0.2) is 11.6 Å². The molecule has 0 saturated carbocycles. The van der Waals surface area contributed by atoms with Gasteiger partial charge in [0.15, 0.2) is 0 Å². The van der Waals surface area contributed by atoms with Crippen molar-refractivity contribution in [3.63, 3.8) is 0 Å². The van der Waals surface area contributed by atoms with Gasteiger partial charge in [0, 0.05) is 21.1 Å². The third-order valence-electron chi connectivity index (χ3n) is 3.03. The normalized spacial score (nSPS) is 13.5. The molecule has 88 valence electrons. The van der Waals surface area contributed by atoms with Crippen LogP contribution in [0.4, 0.5) is 0 Å². The second kappa shape index (κ2) is 5.47. The molecule has 0 radical (unpaired) electrons. The molecular formula is C16H13Pt-. The predicted molar refractivity (Wildman–Crippen MR) is 68.2 cm³/mol. The molecule has 0 bridgehead atoms. The molecule has 0 nitrogen and oxygen atoms in total. The zero-order chi connectivity index (χ0) is 10.8. The van der Waals surface area contributed by atoms with Crippen LogP contribution in [0.3, 0.4) is 0 Å². The molecule has 1 heteroatoms. The van der Waals surface area contributed by atoms with Crippen LogP contribution in [0.2, 0.25) is 0 Å². The maximum absolute atomic E-state index is 3.38. The fourth-order valence-corrected chi connectivity index (χ4v) is 2.22. The quantitative estimate of drug-likeness (QED) is 0.667. The summed E-state index contributed by atoms with van der Waals surface area (Å²) >= 11 is 0. The molecule has 0 aromatic heterocycles. The molecule has 0 amide bonds. The van der Waals surface area contributed by atoms with Crippen molar-refractivity contribution in [1.29, 1.82) is 0 Å². The first-order valence-corrected chi connectivity index (χ1v) is 5.66. The van der Waals surface area contributed by atoms with Gasteiger partial charge in [0.05, 0.1) is 0 Å². The Kier molecular flexibility index (Phi) is 3.97. The first-order chi connectivity index (χ1) is 7.93. The van der Waals surface area contributed by atoms with Crippen molar-refractivity contribution in [3.05, 3.63) is 71.8 Å². The second-order valence-electron chi connectivity index (χ2n) is 4.12. The summed E-state index contributed by atoms with van der Waals surface area (Å²) in [4.78, 5) is 0. The molecule has 0 fully saturated rings. The van der Waals surface area contributed by atoms with Gasteiger partial charge in [0.2, 0.25) is 0 Å². The molecule has 0 heterocycles. The van der Waals surface area contributed by atoms with Gasteiger partial charge in [-0.3, -0.25) is 6.08 Å². The van der Waals surface area contributed by atoms with Crippen LogP contribution < -0.4 is 0 Å². The molecular weight excluding hydrogens is 387 g/mol. The Hall–Kier alpha value is -1.13. The summed E-state index contributed by atoms with van der Waals surface area (Å²) in [7, 11) is 0. The Bertz CT molecular complexity index is 574. The van der Waals surface area contributed by atoms with Gasteiger partial charge in [-0.15, -0.1) is 6.42 Å². The summed E-state index contributed by atoms with van der Waals surface area (Å²) in [6.45, 7) is 0. The third-order valence-corrected chi connectivity index (χ3v) is 3.03. The number of rotatable bonds is 2. The van der Waals surface area contributed by atoms with Crippen molar-refractivity contribution < 1.29 is 21.1 Å². The molecule has 17 heavy (non-hydrogen) atoms. The largest absolute Gasteiger partial charge is 0.269 e. The van der Waals surface area contributed by atoms with Crippen molar-refractivity contribution in [3.8, 4) is 0 Å². The van der Waals surface area contributed by atoms with Crippen molar-refractivity contribution in [2.45, 2.75) is 12.8 Å². The molecule has 0 spiro atoms. The van der Waals surface area contributed by atoms with Gasteiger partial charge in [-0.2, -0.15) is 6.08 Å². The van der Waals surface area contributed by atoms with E-state index in [-0.39, 0.29) is 21.1 Å². The molecule has 0 saturated heterocycles. The Morgan fingerprint density at radius 2 is 1.82 bits per heavy atom. The van der Waals surface area contributed by atoms with Gasteiger partial charge < -0.3 is 0 Å². The van der Waals surface area contributed by atoms with E-state index in [1.807, 2.05) is 0 Å². The van der Waals surface area contributed by atoms with Crippen LogP contribution in [0, 0.1) is 6.08 Å². The van der Waals surface area contributed by atoms with E-state index in [4.69, 9.17) is 0 Å². The maximum Gasteiger partial charge on any atom is 0 e. The molecule has 0 atom stereocenters. The van der Waals surface area contributed by atoms with Crippen LogP contribution in [0.5, 0.6) is 0 Å². The van der Waals surface area contributed by atoms with Crippen molar-refractivity contribution >= 4 is 10.8 Å². The molecule has 0 unspecified atom stereocenters. The second-order valence-corrected chi connectivity index (χ2v) is 4.12. The standard InChI is InChI=1S/C16H13.Pt/c1-2-7-13(6-1)12-15-10-5-9-14-8-3-4-11-16(14)15;/h1,3-6,8-11H,2,12H2;/q-1;. The summed E-state index contributed by atoms with van der Waals surface area (Å²) in [5, 5.41) is 2.68. The minimum absolute atomic E-state index is 0. The summed E-state index contributed by atoms with van der Waals surface area (Å²) in [5.74, 6) is 0. The molecule has 0 N–H and O–H groups in total. The summed E-state index contributed by atoms with van der Waals surface area (Å²) in [6.07, 6.45) is 9.69. The summed E-state index contributed by atoms with van der Waals surface area (Å²) < 4.78 is 0. The van der Waals surface area contributed by atoms with E-state index in [2.05, 4.69) is 60.7 Å². The fourth-order valence-electron chi connectivity index (χ4n) is 2.22. The average molecular weight is 400 g/mol. The van der Waals surface area contributed by atoms with Crippen LogP contribution in [0.1, 0.15) is 12.0 Å². The van der Waals surface area contributed by atoms with Gasteiger partial charge in [-0.1, -0.05) is 42.5 Å². The van der Waals surface area contributed by atoms with Crippen LogP contribution in [-0.2, 0) is 27.5 Å². The molecule has 2 aromatic carbocycles. The fraction of sp³-hybridized carbons (Fsp3) is 0.125. The molecule has 0 aliphatic heterocycles. The van der Waals surface area contributed by atoms with Gasteiger partial charge in [0.25, 0.3) is 0 Å². The predicted octanol–water partition coefficient (Wildman–Crippen LogP) is 4.07. The van der Waals surface area contributed by atoms with E-state index in [0.29, 0.717) is 0 Å². The summed E-state index contributed by atoms with van der Waals surface area (Å²) in [6, 6.07) is 15.1. The Balaban J connectivity index is 0.00000108. The first kappa shape index (κ1) is 12.3. The van der Waals surface area contributed by atoms with Gasteiger partial charge >= 0.3 is 0 Å². The van der Waals surface area contributed by atoms with Crippen molar-refractivity contribution in [2.75, 3.05) is 0 Å². The Labute approximate surface area is 116 Å². The van der Waals surface area contributed by atoms with E-state index < -0.39 is 0 Å². The Morgan fingerprint density at radius 3 is 2.65 bits per heavy atom. The van der Waals surface area contributed by atoms with E-state index in [1.54, 1.807) is 0 Å². The number of benzene rings is 2. The maximum atomic E-state index is 3.38. The average Bonchev–Trinajstić information content (AvgIpc) is 2.82. The molecule has 1 aliphatic rings. The minimum Gasteiger partial charge on any atom is -0.269 e. The third kappa shape index (κ3) is 2.58. The van der Waals surface area contributed by atoms with Crippen molar-refractivity contribution in [1.82, 2.24) is 0 Å². The Morgan fingerprint density at radius 1 is 1.00 bits per heavy atom. The number of fused-ring (bicyclic) bond motifs is 1. The SMILES string of the molecule is [C-]1=C(Cc2cccc3ccccc23)C=CC1.[Pt]. The van der Waals surface area contributed by atoms with E-state index in [1.165, 1.54) is 21.9 Å². The van der Waals surface area contributed by atoms with Crippen LogP contribution >= 0.6 is 0 Å². The van der Waals surface area contributed by atoms with Gasteiger partial charge in [-0.05, 0) is 22.8 Å². The minimum atomic E-state index is 0. The van der Waals surface area contributed by atoms with Crippen molar-refractivity contribution in [2.24, 2.45) is 0 Å². The monoisotopic (exact) mass is 400 g/mol. The zero-order valence-corrected chi connectivity index (χ0v) is 11.7. The topological polar surface area (TPSA) is 0 Å². The number of allylic oxidation sites excluding steroid dienone is 4. The van der Waals surface area contributed by atoms with Gasteiger partial charge in [0.1, 0.15) is 0 Å². The smallest absolute Gasteiger partial charge is 0 e. The van der Waals surface area contributed by atoms with E-state index in [0.717, 1.165) is 12.8 Å². The molecule has 1 aliphatic carbocycles. The molecule has 2 aromatic rings. The number of hydrogen-bond acceptors (Lipinski definition) is 0. The van der Waals surface area contributed by atoms with E-state index in [9.17, 15) is 0 Å². The van der Waals surface area contributed by atoms with Crippen LogP contribution in [0.15, 0.2) is 60.2 Å².